The predicted molar refractivity (Wildman–Crippen MR) is 111 cm³/mol. The third kappa shape index (κ3) is 3.07. The summed E-state index contributed by atoms with van der Waals surface area (Å²) in [4.78, 5) is 37.5. The molecule has 0 unspecified atom stereocenters. The molecule has 0 radical (unpaired) electrons. The van der Waals surface area contributed by atoms with Crippen molar-refractivity contribution in [3.63, 3.8) is 0 Å². The molecule has 0 fully saturated rings. The minimum atomic E-state index is -0.911. The Labute approximate surface area is 170 Å². The van der Waals surface area contributed by atoms with Crippen molar-refractivity contribution in [2.75, 3.05) is 0 Å². The van der Waals surface area contributed by atoms with Crippen LogP contribution >= 0.6 is 0 Å². The summed E-state index contributed by atoms with van der Waals surface area (Å²) in [6.45, 7) is 12.6. The first kappa shape index (κ1) is 20.8. The summed E-state index contributed by atoms with van der Waals surface area (Å²) in [5.41, 5.74) is -0.123. The Bertz CT molecular complexity index is 1050. The second-order valence-electron chi connectivity index (χ2n) is 9.71. The van der Waals surface area contributed by atoms with Gasteiger partial charge in [0.1, 0.15) is 10.3 Å². The highest BCUT2D eigenvalue weighted by molar-refractivity contribution is 6.50. The number of rotatable bonds is 2. The van der Waals surface area contributed by atoms with Crippen LogP contribution in [-0.4, -0.2) is 38.0 Å². The molecule has 0 spiro atoms. The Morgan fingerprint density at radius 3 is 2.03 bits per heavy atom. The summed E-state index contributed by atoms with van der Waals surface area (Å²) in [7, 11) is 0. The van der Waals surface area contributed by atoms with Crippen LogP contribution in [0.4, 0.5) is 0 Å². The molecule has 1 aliphatic carbocycles. The molecule has 2 aliphatic rings. The molecule has 6 heteroatoms. The molecule has 152 valence electrons. The quantitative estimate of drug-likeness (QED) is 0.330. The Hall–Kier alpha value is -2.89. The van der Waals surface area contributed by atoms with Crippen LogP contribution in [0, 0.1) is 15.5 Å². The highest BCUT2D eigenvalue weighted by Gasteiger charge is 2.68. The lowest BCUT2D eigenvalue weighted by atomic mass is 9.78. The molecule has 0 aromatic heterocycles. The van der Waals surface area contributed by atoms with Crippen LogP contribution < -0.4 is 0 Å². The van der Waals surface area contributed by atoms with Gasteiger partial charge < -0.3 is 5.21 Å². The van der Waals surface area contributed by atoms with Crippen molar-refractivity contribution < 1.29 is 19.1 Å². The standard InChI is InChI=1S/C23H27N2O4/c1-21(2,3)17-12-16(13-18(26)19(17)27)14-9-8-10-15(11-14)20-24(28)22(4,5)23(6,7)25(20)29/h8-13H,1-7H3/q+1. The van der Waals surface area contributed by atoms with Crippen LogP contribution in [0.1, 0.15) is 59.6 Å². The van der Waals surface area contributed by atoms with Gasteiger partial charge in [-0.15, -0.1) is 4.74 Å². The number of hydroxylamine groups is 1. The fourth-order valence-electron chi connectivity index (χ4n) is 3.51. The van der Waals surface area contributed by atoms with E-state index in [9.17, 15) is 19.7 Å². The van der Waals surface area contributed by atoms with E-state index in [2.05, 4.69) is 0 Å². The van der Waals surface area contributed by atoms with Gasteiger partial charge in [-0.3, -0.25) is 9.59 Å². The van der Waals surface area contributed by atoms with Gasteiger partial charge >= 0.3 is 5.84 Å². The molecule has 29 heavy (non-hydrogen) atoms. The van der Waals surface area contributed by atoms with Crippen molar-refractivity contribution in [1.29, 1.82) is 0 Å². The predicted octanol–water partition coefficient (Wildman–Crippen LogP) is 3.80. The van der Waals surface area contributed by atoms with E-state index in [1.165, 1.54) is 6.08 Å². The number of allylic oxidation sites excluding steroid dienone is 4. The second kappa shape index (κ2) is 6.31. The first-order chi connectivity index (χ1) is 13.2. The van der Waals surface area contributed by atoms with Gasteiger partial charge in [-0.1, -0.05) is 32.9 Å². The SMILES string of the molecule is CC(C)(C)C1=CC(c2cccc(C3=[N+]([O-])C(C)(C)C(C)(C)[N+]3=O)c2)=CC(=O)C1=O. The van der Waals surface area contributed by atoms with E-state index < -0.39 is 28.1 Å². The molecule has 0 saturated carbocycles. The Balaban J connectivity index is 2.13. The summed E-state index contributed by atoms with van der Waals surface area (Å²) in [5, 5.41) is 12.9. The number of hydrogen-bond acceptors (Lipinski definition) is 4. The van der Waals surface area contributed by atoms with E-state index in [-0.39, 0.29) is 5.84 Å². The van der Waals surface area contributed by atoms with E-state index in [4.69, 9.17) is 0 Å². The summed E-state index contributed by atoms with van der Waals surface area (Å²) in [5.74, 6) is -1.02. The van der Waals surface area contributed by atoms with Gasteiger partial charge in [-0.2, -0.15) is 0 Å². The number of carbonyl (C=O) groups excluding carboxylic acids is 2. The average Bonchev–Trinajstić information content (AvgIpc) is 2.73. The summed E-state index contributed by atoms with van der Waals surface area (Å²) >= 11 is 0. The van der Waals surface area contributed by atoms with Crippen molar-refractivity contribution in [3.05, 3.63) is 63.2 Å². The van der Waals surface area contributed by atoms with Crippen LogP contribution in [0.2, 0.25) is 0 Å². The molecule has 3 rings (SSSR count). The molecule has 0 N–H and O–H groups in total. The number of Topliss-reactive ketones (excluding diaryl/α,β-unsaturated/α-hetero) is 1. The van der Waals surface area contributed by atoms with Gasteiger partial charge in [0.2, 0.25) is 17.1 Å². The summed E-state index contributed by atoms with van der Waals surface area (Å²) < 4.78 is 1.53. The van der Waals surface area contributed by atoms with Gasteiger partial charge in [-0.25, -0.2) is 0 Å². The largest absolute Gasteiger partial charge is 0.618 e. The molecule has 0 atom stereocenters. The van der Waals surface area contributed by atoms with E-state index in [1.54, 1.807) is 58.0 Å². The Kier molecular flexibility index (Phi) is 4.53. The molecule has 0 bridgehead atoms. The zero-order chi connectivity index (χ0) is 21.9. The van der Waals surface area contributed by atoms with Crippen LogP contribution in [-0.2, 0) is 9.59 Å². The van der Waals surface area contributed by atoms with E-state index >= 15 is 0 Å². The highest BCUT2D eigenvalue weighted by Crippen LogP contribution is 2.36. The van der Waals surface area contributed by atoms with Gasteiger partial charge in [0, 0.05) is 38.2 Å². The normalized spacial score (nSPS) is 21.4. The number of amidine groups is 1. The number of carbonyl (C=O) groups is 2. The van der Waals surface area contributed by atoms with Crippen molar-refractivity contribution in [2.45, 2.75) is 59.5 Å². The molecule has 1 aliphatic heterocycles. The number of hydrogen-bond donors (Lipinski definition) is 0. The summed E-state index contributed by atoms with van der Waals surface area (Å²) in [6.07, 6.45) is 3.04. The van der Waals surface area contributed by atoms with Crippen molar-refractivity contribution in [2.24, 2.45) is 5.41 Å². The molecular formula is C23H27N2O4+. The van der Waals surface area contributed by atoms with Gasteiger partial charge in [0.25, 0.3) is 5.54 Å². The Morgan fingerprint density at radius 2 is 1.52 bits per heavy atom. The zero-order valence-electron chi connectivity index (χ0n) is 18.0. The van der Waals surface area contributed by atoms with E-state index in [0.717, 1.165) is 9.50 Å². The Morgan fingerprint density at radius 1 is 0.931 bits per heavy atom. The minimum Gasteiger partial charge on any atom is -0.618 e. The number of nitrogens with zero attached hydrogens (tertiary/aromatic N) is 2. The van der Waals surface area contributed by atoms with Gasteiger partial charge in [0.05, 0.1) is 0 Å². The molecule has 1 aromatic rings. The van der Waals surface area contributed by atoms with E-state index in [1.807, 2.05) is 20.8 Å². The minimum absolute atomic E-state index is 0.0423. The van der Waals surface area contributed by atoms with E-state index in [0.29, 0.717) is 22.3 Å². The first-order valence-corrected chi connectivity index (χ1v) is 9.64. The topological polar surface area (TPSA) is 80.3 Å². The highest BCUT2D eigenvalue weighted by atomic mass is 16.5. The van der Waals surface area contributed by atoms with Crippen molar-refractivity contribution in [3.8, 4) is 0 Å². The molecule has 0 amide bonds. The van der Waals surface area contributed by atoms with Crippen LogP contribution in [0.15, 0.2) is 42.0 Å². The lowest BCUT2D eigenvalue weighted by molar-refractivity contribution is -0.555. The molecule has 1 aromatic carbocycles. The first-order valence-electron chi connectivity index (χ1n) is 9.64. The lowest BCUT2D eigenvalue weighted by Crippen LogP contribution is -2.50. The number of benzene rings is 1. The maximum Gasteiger partial charge on any atom is 0.504 e. The molecule has 6 nitrogen and oxygen atoms in total. The third-order valence-corrected chi connectivity index (χ3v) is 6.21. The fraction of sp³-hybridized carbons (Fsp3) is 0.435. The number of ketones is 2. The maximum atomic E-state index is 12.9. The number of nitroso groups, excluding NO2 is 1. The van der Waals surface area contributed by atoms with Crippen molar-refractivity contribution in [1.82, 2.24) is 0 Å². The maximum absolute atomic E-state index is 12.9. The second-order valence-corrected chi connectivity index (χ2v) is 9.71. The van der Waals surface area contributed by atoms with Gasteiger partial charge in [0.15, 0.2) is 0 Å². The smallest absolute Gasteiger partial charge is 0.504 e. The molecular weight excluding hydrogens is 368 g/mol. The molecule has 1 heterocycles. The van der Waals surface area contributed by atoms with Gasteiger partial charge in [-0.05, 0) is 40.8 Å². The molecule has 0 saturated heterocycles. The average molecular weight is 395 g/mol. The van der Waals surface area contributed by atoms with Crippen molar-refractivity contribution >= 4 is 23.0 Å². The fourth-order valence-corrected chi connectivity index (χ4v) is 3.51. The van der Waals surface area contributed by atoms with Crippen LogP contribution in [0.25, 0.3) is 5.57 Å². The zero-order valence-corrected chi connectivity index (χ0v) is 18.0. The van der Waals surface area contributed by atoms with Crippen LogP contribution in [0.5, 0.6) is 0 Å². The third-order valence-electron chi connectivity index (χ3n) is 6.21. The lowest BCUT2D eigenvalue weighted by Gasteiger charge is -2.24. The monoisotopic (exact) mass is 395 g/mol. The summed E-state index contributed by atoms with van der Waals surface area (Å²) in [6, 6.07) is 6.96. The van der Waals surface area contributed by atoms with Crippen LogP contribution in [0.3, 0.4) is 0 Å².